The molecule has 1 unspecified atom stereocenters. The minimum absolute atomic E-state index is 0.00407. The third kappa shape index (κ3) is 8.87. The Bertz CT molecular complexity index is 1720. The van der Waals surface area contributed by atoms with Gasteiger partial charge in [-0.2, -0.15) is 0 Å². The summed E-state index contributed by atoms with van der Waals surface area (Å²) in [6.45, 7) is 6.33. The van der Waals surface area contributed by atoms with E-state index in [9.17, 15) is 14.4 Å². The lowest BCUT2D eigenvalue weighted by Crippen LogP contribution is -2.62. The number of nitrogens with one attached hydrogen (secondary N) is 1. The van der Waals surface area contributed by atoms with Crippen molar-refractivity contribution >= 4 is 34.9 Å². The van der Waals surface area contributed by atoms with E-state index >= 15 is 0 Å². The quantitative estimate of drug-likeness (QED) is 0.199. The summed E-state index contributed by atoms with van der Waals surface area (Å²) in [6.07, 6.45) is 4.27. The summed E-state index contributed by atoms with van der Waals surface area (Å²) in [5, 5.41) is 4.26. The zero-order valence-electron chi connectivity index (χ0n) is 29.0. The molecule has 10 heteroatoms. The maximum absolute atomic E-state index is 14.7. The standard InChI is InChI=1S/C40H47ClN4O5/c1-26-21-34(41)36(22-27(26)2)50-20-19-49-32-15-11-29(12-16-32)33-23-30-24-44(38(47)10-6-9-37(42)46)25-35(43-30)39(33)40(48)45(31-13-14-31)18-17-28-7-4-3-5-8-28/h3-5,7-8,11-12,15-16,21-22,30-31,35,43H,6,9-10,13-14,17-20,23-25H2,1-2H3,(H2,42,46)/t30?,35-/m1/s1. The second-order valence-corrected chi connectivity index (χ2v) is 14.1. The van der Waals surface area contributed by atoms with Gasteiger partial charge in [0.05, 0.1) is 11.1 Å². The fraction of sp³-hybridized carbons (Fsp3) is 0.425. The van der Waals surface area contributed by atoms with Crippen LogP contribution in [0.1, 0.15) is 60.8 Å². The number of fused-ring (bicyclic) bond motifs is 2. The molecular weight excluding hydrogens is 652 g/mol. The van der Waals surface area contributed by atoms with E-state index in [2.05, 4.69) is 22.3 Å². The average Bonchev–Trinajstić information content (AvgIpc) is 3.94. The van der Waals surface area contributed by atoms with Crippen LogP contribution in [0.3, 0.4) is 0 Å². The summed E-state index contributed by atoms with van der Waals surface area (Å²) in [4.78, 5) is 43.1. The molecule has 2 aliphatic heterocycles. The van der Waals surface area contributed by atoms with Crippen molar-refractivity contribution in [2.24, 2.45) is 5.73 Å². The number of benzene rings is 3. The summed E-state index contributed by atoms with van der Waals surface area (Å²) < 4.78 is 11.9. The van der Waals surface area contributed by atoms with Crippen LogP contribution in [0.5, 0.6) is 11.5 Å². The number of halogens is 1. The predicted molar refractivity (Wildman–Crippen MR) is 195 cm³/mol. The first-order valence-corrected chi connectivity index (χ1v) is 18.1. The smallest absolute Gasteiger partial charge is 0.252 e. The normalized spacial score (nSPS) is 18.5. The number of nitrogens with zero attached hydrogens (tertiary/aromatic N) is 2. The molecule has 6 rings (SSSR count). The van der Waals surface area contributed by atoms with Crippen LogP contribution in [0.25, 0.3) is 5.57 Å². The highest BCUT2D eigenvalue weighted by atomic mass is 35.5. The molecule has 1 saturated heterocycles. The Hall–Kier alpha value is -4.34. The molecular formula is C40H47ClN4O5. The molecule has 3 aromatic carbocycles. The molecule has 2 bridgehead atoms. The Labute approximate surface area is 299 Å². The number of amides is 3. The van der Waals surface area contributed by atoms with E-state index in [1.807, 2.05) is 73.3 Å². The highest BCUT2D eigenvalue weighted by molar-refractivity contribution is 6.32. The Kier molecular flexibility index (Phi) is 11.4. The highest BCUT2D eigenvalue weighted by Crippen LogP contribution is 2.37. The minimum Gasteiger partial charge on any atom is -0.490 e. The maximum atomic E-state index is 14.7. The van der Waals surface area contributed by atoms with Gasteiger partial charge < -0.3 is 30.3 Å². The van der Waals surface area contributed by atoms with Gasteiger partial charge in [-0.05, 0) is 98.0 Å². The molecule has 0 spiro atoms. The zero-order valence-corrected chi connectivity index (χ0v) is 29.7. The molecule has 0 radical (unpaired) electrons. The lowest BCUT2D eigenvalue weighted by Gasteiger charge is -2.45. The summed E-state index contributed by atoms with van der Waals surface area (Å²) in [5.74, 6) is 0.981. The number of nitrogens with two attached hydrogens (primary N) is 1. The third-order valence-electron chi connectivity index (χ3n) is 9.90. The molecule has 1 aliphatic carbocycles. The number of carbonyl (C=O) groups is 3. The van der Waals surface area contributed by atoms with Gasteiger partial charge in [-0.25, -0.2) is 0 Å². The fourth-order valence-corrected chi connectivity index (χ4v) is 7.23. The van der Waals surface area contributed by atoms with E-state index < -0.39 is 5.91 Å². The first kappa shape index (κ1) is 35.5. The van der Waals surface area contributed by atoms with Crippen molar-refractivity contribution in [3.63, 3.8) is 0 Å². The van der Waals surface area contributed by atoms with Gasteiger partial charge in [0.15, 0.2) is 0 Å². The Morgan fingerprint density at radius 2 is 1.66 bits per heavy atom. The summed E-state index contributed by atoms with van der Waals surface area (Å²) in [6, 6.07) is 22.0. The van der Waals surface area contributed by atoms with Gasteiger partial charge in [0, 0.05) is 50.1 Å². The monoisotopic (exact) mass is 698 g/mol. The number of carbonyl (C=O) groups excluding carboxylic acids is 3. The second kappa shape index (κ2) is 16.1. The number of primary amides is 1. The predicted octanol–water partition coefficient (Wildman–Crippen LogP) is 5.63. The van der Waals surface area contributed by atoms with Crippen molar-refractivity contribution in [1.82, 2.24) is 15.1 Å². The molecule has 3 amide bonds. The van der Waals surface area contributed by atoms with E-state index in [-0.39, 0.29) is 42.8 Å². The minimum atomic E-state index is -0.405. The van der Waals surface area contributed by atoms with Crippen molar-refractivity contribution in [2.45, 2.75) is 76.9 Å². The highest BCUT2D eigenvalue weighted by Gasteiger charge is 2.43. The van der Waals surface area contributed by atoms with Gasteiger partial charge in [-0.3, -0.25) is 14.4 Å². The molecule has 50 heavy (non-hydrogen) atoms. The van der Waals surface area contributed by atoms with Gasteiger partial charge in [0.1, 0.15) is 24.7 Å². The van der Waals surface area contributed by atoms with Crippen molar-refractivity contribution in [3.8, 4) is 11.5 Å². The molecule has 3 aromatic rings. The molecule has 3 aliphatic rings. The molecule has 9 nitrogen and oxygen atoms in total. The van der Waals surface area contributed by atoms with Gasteiger partial charge >= 0.3 is 0 Å². The number of hydrogen-bond acceptors (Lipinski definition) is 6. The Morgan fingerprint density at radius 3 is 2.38 bits per heavy atom. The largest absolute Gasteiger partial charge is 0.490 e. The molecule has 0 aromatic heterocycles. The van der Waals surface area contributed by atoms with E-state index in [4.69, 9.17) is 26.8 Å². The van der Waals surface area contributed by atoms with E-state index in [0.29, 0.717) is 62.2 Å². The van der Waals surface area contributed by atoms with Crippen molar-refractivity contribution in [2.75, 3.05) is 32.8 Å². The van der Waals surface area contributed by atoms with Crippen molar-refractivity contribution < 1.29 is 23.9 Å². The number of piperazine rings is 1. The van der Waals surface area contributed by atoms with Gasteiger partial charge in [-0.15, -0.1) is 0 Å². The van der Waals surface area contributed by atoms with Crippen LogP contribution in [0.4, 0.5) is 0 Å². The molecule has 2 fully saturated rings. The Morgan fingerprint density at radius 1 is 0.940 bits per heavy atom. The average molecular weight is 699 g/mol. The molecule has 2 heterocycles. The van der Waals surface area contributed by atoms with Crippen LogP contribution < -0.4 is 20.5 Å². The Balaban J connectivity index is 1.20. The number of rotatable bonds is 15. The lowest BCUT2D eigenvalue weighted by molar-refractivity contribution is -0.134. The lowest BCUT2D eigenvalue weighted by atomic mass is 9.82. The topological polar surface area (TPSA) is 114 Å². The van der Waals surface area contributed by atoms with Gasteiger partial charge in [0.2, 0.25) is 11.8 Å². The summed E-state index contributed by atoms with van der Waals surface area (Å²) >= 11 is 6.36. The fourth-order valence-electron chi connectivity index (χ4n) is 6.96. The zero-order chi connectivity index (χ0) is 35.2. The van der Waals surface area contributed by atoms with Crippen molar-refractivity contribution in [3.05, 3.63) is 99.6 Å². The number of hydrogen-bond donors (Lipinski definition) is 2. The van der Waals surface area contributed by atoms with Gasteiger partial charge in [-0.1, -0.05) is 54.1 Å². The van der Waals surface area contributed by atoms with Gasteiger partial charge in [0.25, 0.3) is 5.91 Å². The molecule has 2 atom stereocenters. The number of ether oxygens (including phenoxy) is 2. The van der Waals surface area contributed by atoms with Crippen molar-refractivity contribution in [1.29, 1.82) is 0 Å². The van der Waals surface area contributed by atoms with Crippen LogP contribution in [0, 0.1) is 13.8 Å². The van der Waals surface area contributed by atoms with Crippen LogP contribution >= 0.6 is 11.6 Å². The summed E-state index contributed by atoms with van der Waals surface area (Å²) in [7, 11) is 0. The van der Waals surface area contributed by atoms with E-state index in [1.165, 1.54) is 5.56 Å². The van der Waals surface area contributed by atoms with E-state index in [0.717, 1.165) is 47.1 Å². The number of aryl methyl sites for hydroxylation is 2. The maximum Gasteiger partial charge on any atom is 0.252 e. The van der Waals surface area contributed by atoms with E-state index in [1.54, 1.807) is 0 Å². The van der Waals surface area contributed by atoms with Crippen LogP contribution in [-0.2, 0) is 20.8 Å². The summed E-state index contributed by atoms with van der Waals surface area (Å²) in [5.41, 5.74) is 11.5. The molecule has 1 saturated carbocycles. The van der Waals surface area contributed by atoms with Crippen LogP contribution in [-0.4, -0.2) is 78.5 Å². The molecule has 264 valence electrons. The first-order chi connectivity index (χ1) is 24.2. The SMILES string of the molecule is Cc1cc(Cl)c(OCCOc2ccc(C3=C(C(=O)N(CCc4ccccc4)C4CC4)[C@H]4CN(C(=O)CCCC(N)=O)CC(C3)N4)cc2)cc1C. The van der Waals surface area contributed by atoms with Crippen LogP contribution in [0.15, 0.2) is 72.3 Å². The first-order valence-electron chi connectivity index (χ1n) is 17.7. The third-order valence-corrected chi connectivity index (χ3v) is 10.2. The molecule has 3 N–H and O–H groups in total. The van der Waals surface area contributed by atoms with Crippen LogP contribution in [0.2, 0.25) is 5.02 Å². The second-order valence-electron chi connectivity index (χ2n) is 13.7.